The topological polar surface area (TPSA) is 88.1 Å². The van der Waals surface area contributed by atoms with Crippen molar-refractivity contribution >= 4 is 18.1 Å². The second-order valence-corrected chi connectivity index (χ2v) is 2.03. The molecule has 12 heavy (non-hydrogen) atoms. The number of hydrogen-bond donors (Lipinski definition) is 0. The number of fused-ring (bicyclic) bond motifs is 1. The van der Waals surface area contributed by atoms with Crippen molar-refractivity contribution in [3.05, 3.63) is 0 Å². The van der Waals surface area contributed by atoms with Gasteiger partial charge in [-0.05, 0) is 0 Å². The SMILES string of the molecule is O=C1OC2OC(=O)C(=O)OC2O1. The zero-order chi connectivity index (χ0) is 8.72. The minimum absolute atomic E-state index is 1.03. The lowest BCUT2D eigenvalue weighted by atomic mass is 10.5. The average molecular weight is 174 g/mol. The minimum Gasteiger partial charge on any atom is -0.409 e. The highest BCUT2D eigenvalue weighted by Crippen LogP contribution is 2.21. The molecule has 0 aromatic heterocycles. The summed E-state index contributed by atoms with van der Waals surface area (Å²) in [6, 6.07) is 0. The van der Waals surface area contributed by atoms with Crippen LogP contribution in [0.25, 0.3) is 0 Å². The van der Waals surface area contributed by atoms with Crippen LogP contribution in [0.5, 0.6) is 0 Å². The molecule has 2 fully saturated rings. The summed E-state index contributed by atoms with van der Waals surface area (Å²) in [5.41, 5.74) is 0. The summed E-state index contributed by atoms with van der Waals surface area (Å²) >= 11 is 0. The van der Waals surface area contributed by atoms with E-state index in [9.17, 15) is 14.4 Å². The van der Waals surface area contributed by atoms with Crippen molar-refractivity contribution in [2.24, 2.45) is 0 Å². The highest BCUT2D eigenvalue weighted by atomic mass is 16.9. The monoisotopic (exact) mass is 174 g/mol. The predicted molar refractivity (Wildman–Crippen MR) is 27.3 cm³/mol. The summed E-state index contributed by atoms with van der Waals surface area (Å²) in [4.78, 5) is 31.4. The highest BCUT2D eigenvalue weighted by Gasteiger charge is 2.48. The van der Waals surface area contributed by atoms with Gasteiger partial charge >= 0.3 is 30.7 Å². The molecule has 0 amide bonds. The van der Waals surface area contributed by atoms with Crippen molar-refractivity contribution in [1.82, 2.24) is 0 Å². The van der Waals surface area contributed by atoms with Crippen LogP contribution in [0.1, 0.15) is 0 Å². The van der Waals surface area contributed by atoms with E-state index in [-0.39, 0.29) is 0 Å². The quantitative estimate of drug-likeness (QED) is 0.340. The third-order valence-electron chi connectivity index (χ3n) is 1.26. The third kappa shape index (κ3) is 0.865. The van der Waals surface area contributed by atoms with Gasteiger partial charge in [-0.15, -0.1) is 0 Å². The first-order chi connectivity index (χ1) is 5.66. The van der Waals surface area contributed by atoms with Crippen LogP contribution in [0.2, 0.25) is 0 Å². The molecule has 2 aliphatic rings. The summed E-state index contributed by atoms with van der Waals surface area (Å²) in [6.07, 6.45) is -3.56. The van der Waals surface area contributed by atoms with Gasteiger partial charge in [0.15, 0.2) is 0 Å². The van der Waals surface area contributed by atoms with Crippen molar-refractivity contribution in [3.8, 4) is 0 Å². The molecule has 0 aromatic rings. The van der Waals surface area contributed by atoms with Gasteiger partial charge < -0.3 is 18.9 Å². The van der Waals surface area contributed by atoms with Crippen molar-refractivity contribution in [1.29, 1.82) is 0 Å². The van der Waals surface area contributed by atoms with Gasteiger partial charge in [0, 0.05) is 0 Å². The Bertz CT molecular complexity index is 243. The number of rotatable bonds is 0. The lowest BCUT2D eigenvalue weighted by Gasteiger charge is -2.19. The molecule has 0 aromatic carbocycles. The van der Waals surface area contributed by atoms with E-state index in [2.05, 4.69) is 18.9 Å². The minimum atomic E-state index is -1.26. The van der Waals surface area contributed by atoms with Crippen molar-refractivity contribution in [2.45, 2.75) is 12.6 Å². The Kier molecular flexibility index (Phi) is 1.20. The van der Waals surface area contributed by atoms with Crippen LogP contribution < -0.4 is 0 Å². The maximum atomic E-state index is 10.5. The maximum absolute atomic E-state index is 10.5. The second kappa shape index (κ2) is 2.10. The van der Waals surface area contributed by atoms with Crippen LogP contribution >= 0.6 is 0 Å². The summed E-state index contributed by atoms with van der Waals surface area (Å²) < 4.78 is 17.2. The summed E-state index contributed by atoms with van der Waals surface area (Å²) in [5.74, 6) is -2.40. The van der Waals surface area contributed by atoms with Crippen molar-refractivity contribution in [3.63, 3.8) is 0 Å². The van der Waals surface area contributed by atoms with E-state index in [4.69, 9.17) is 0 Å². The number of hydrogen-bond acceptors (Lipinski definition) is 7. The average Bonchev–Trinajstić information content (AvgIpc) is 2.30. The van der Waals surface area contributed by atoms with Gasteiger partial charge in [-0.3, -0.25) is 0 Å². The molecule has 64 valence electrons. The lowest BCUT2D eigenvalue weighted by Crippen LogP contribution is -2.42. The van der Waals surface area contributed by atoms with E-state index in [1.54, 1.807) is 0 Å². The van der Waals surface area contributed by atoms with Crippen LogP contribution in [0.4, 0.5) is 4.79 Å². The van der Waals surface area contributed by atoms with Gasteiger partial charge in [0.1, 0.15) is 0 Å². The molecule has 7 nitrogen and oxygen atoms in total. The fraction of sp³-hybridized carbons (Fsp3) is 0.400. The fourth-order valence-corrected chi connectivity index (χ4v) is 0.795. The molecule has 0 bridgehead atoms. The molecule has 2 atom stereocenters. The van der Waals surface area contributed by atoms with E-state index >= 15 is 0 Å². The van der Waals surface area contributed by atoms with Crippen LogP contribution in [0.3, 0.4) is 0 Å². The van der Waals surface area contributed by atoms with Gasteiger partial charge in [-0.1, -0.05) is 0 Å². The van der Waals surface area contributed by atoms with Crippen LogP contribution in [-0.2, 0) is 28.5 Å². The van der Waals surface area contributed by atoms with Crippen molar-refractivity contribution < 1.29 is 33.3 Å². The Morgan fingerprint density at radius 3 is 1.58 bits per heavy atom. The van der Waals surface area contributed by atoms with Gasteiger partial charge in [0.2, 0.25) is 0 Å². The molecule has 7 heteroatoms. The van der Waals surface area contributed by atoms with Gasteiger partial charge in [0.25, 0.3) is 0 Å². The summed E-state index contributed by atoms with van der Waals surface area (Å²) in [5, 5.41) is 0. The molecule has 0 spiro atoms. The Labute approximate surface area is 65.1 Å². The number of ether oxygens (including phenoxy) is 4. The molecule has 2 saturated heterocycles. The standard InChI is InChI=1S/C5H2O7/c6-1-2(7)10-4-3(9-1)11-5(8)12-4/h3-4H. The van der Waals surface area contributed by atoms with Gasteiger partial charge in [-0.2, -0.15) is 0 Å². The van der Waals surface area contributed by atoms with E-state index in [1.165, 1.54) is 0 Å². The van der Waals surface area contributed by atoms with Crippen LogP contribution in [-0.4, -0.2) is 30.7 Å². The Morgan fingerprint density at radius 1 is 0.750 bits per heavy atom. The first-order valence-corrected chi connectivity index (χ1v) is 2.96. The van der Waals surface area contributed by atoms with Gasteiger partial charge in [0.05, 0.1) is 0 Å². The summed E-state index contributed by atoms with van der Waals surface area (Å²) in [7, 11) is 0. The number of carbonyl (C=O) groups is 3. The molecule has 0 saturated carbocycles. The molecular weight excluding hydrogens is 172 g/mol. The largest absolute Gasteiger partial charge is 0.515 e. The number of esters is 2. The summed E-state index contributed by atoms with van der Waals surface area (Å²) in [6.45, 7) is 0. The maximum Gasteiger partial charge on any atom is 0.515 e. The van der Waals surface area contributed by atoms with E-state index < -0.39 is 30.7 Å². The second-order valence-electron chi connectivity index (χ2n) is 2.03. The molecular formula is C5H2O7. The zero-order valence-corrected chi connectivity index (χ0v) is 5.51. The zero-order valence-electron chi connectivity index (χ0n) is 5.51. The Balaban J connectivity index is 2.15. The first kappa shape index (κ1) is 6.89. The Hall–Kier alpha value is -1.79. The third-order valence-corrected chi connectivity index (χ3v) is 1.26. The highest BCUT2D eigenvalue weighted by molar-refractivity contribution is 6.30. The molecule has 0 N–H and O–H groups in total. The van der Waals surface area contributed by atoms with Crippen LogP contribution in [0, 0.1) is 0 Å². The smallest absolute Gasteiger partial charge is 0.409 e. The Morgan fingerprint density at radius 2 is 1.17 bits per heavy atom. The van der Waals surface area contributed by atoms with E-state index in [0.717, 1.165) is 0 Å². The lowest BCUT2D eigenvalue weighted by molar-refractivity contribution is -0.230. The normalized spacial score (nSPS) is 32.8. The molecule has 0 aliphatic carbocycles. The molecule has 2 aliphatic heterocycles. The van der Waals surface area contributed by atoms with E-state index in [0.29, 0.717) is 0 Å². The molecule has 2 rings (SSSR count). The van der Waals surface area contributed by atoms with Crippen molar-refractivity contribution in [2.75, 3.05) is 0 Å². The van der Waals surface area contributed by atoms with Crippen LogP contribution in [0.15, 0.2) is 0 Å². The van der Waals surface area contributed by atoms with Gasteiger partial charge in [-0.25, -0.2) is 14.4 Å². The predicted octanol–water partition coefficient (Wildman–Crippen LogP) is -1.09. The molecule has 0 radical (unpaired) electrons. The fourth-order valence-electron chi connectivity index (χ4n) is 0.795. The molecule has 2 heterocycles. The number of carbonyl (C=O) groups excluding carboxylic acids is 3. The van der Waals surface area contributed by atoms with E-state index in [1.807, 2.05) is 0 Å². The first-order valence-electron chi connectivity index (χ1n) is 2.96. The molecule has 2 unspecified atom stereocenters.